The van der Waals surface area contributed by atoms with E-state index in [1.54, 1.807) is 28.8 Å². The van der Waals surface area contributed by atoms with Crippen LogP contribution in [0.2, 0.25) is 0 Å². The standard InChI is InChI=1S/C21H21N5O2S/c1-15-13-20-23-19(16-7-5-4-6-8-16)14-21(26(20)24-15)22-17-9-11-18(12-10-17)29(27,28)25(2)3/h4-14,22H,1-3H3. The van der Waals surface area contributed by atoms with Crippen LogP contribution in [-0.2, 0) is 10.0 Å². The third-order valence-corrected chi connectivity index (χ3v) is 6.35. The summed E-state index contributed by atoms with van der Waals surface area (Å²) in [5.74, 6) is 0.741. The van der Waals surface area contributed by atoms with E-state index < -0.39 is 10.0 Å². The molecule has 4 rings (SSSR count). The van der Waals surface area contributed by atoms with Crippen molar-refractivity contribution in [2.24, 2.45) is 0 Å². The first-order valence-corrected chi connectivity index (χ1v) is 10.5. The quantitative estimate of drug-likeness (QED) is 0.546. The van der Waals surface area contributed by atoms with Gasteiger partial charge in [0.05, 0.1) is 16.3 Å². The minimum atomic E-state index is -3.46. The van der Waals surface area contributed by atoms with Crippen LogP contribution in [0.4, 0.5) is 11.5 Å². The number of aromatic nitrogens is 3. The highest BCUT2D eigenvalue weighted by Gasteiger charge is 2.17. The predicted molar refractivity (Wildman–Crippen MR) is 114 cm³/mol. The van der Waals surface area contributed by atoms with Crippen LogP contribution in [0.25, 0.3) is 16.9 Å². The Morgan fingerprint density at radius 3 is 2.31 bits per heavy atom. The second-order valence-electron chi connectivity index (χ2n) is 6.89. The van der Waals surface area contributed by atoms with Gasteiger partial charge < -0.3 is 5.32 Å². The summed E-state index contributed by atoms with van der Waals surface area (Å²) >= 11 is 0. The number of rotatable bonds is 5. The molecular weight excluding hydrogens is 386 g/mol. The van der Waals surface area contributed by atoms with Crippen molar-refractivity contribution in [2.75, 3.05) is 19.4 Å². The molecule has 1 N–H and O–H groups in total. The fourth-order valence-corrected chi connectivity index (χ4v) is 3.91. The van der Waals surface area contributed by atoms with Crippen molar-refractivity contribution in [3.63, 3.8) is 0 Å². The van der Waals surface area contributed by atoms with Crippen LogP contribution in [0, 0.1) is 6.92 Å². The summed E-state index contributed by atoms with van der Waals surface area (Å²) in [6.07, 6.45) is 0. The highest BCUT2D eigenvalue weighted by molar-refractivity contribution is 7.89. The number of hydrogen-bond acceptors (Lipinski definition) is 5. The third-order valence-electron chi connectivity index (χ3n) is 4.52. The topological polar surface area (TPSA) is 79.6 Å². The van der Waals surface area contributed by atoms with Gasteiger partial charge in [0, 0.05) is 37.5 Å². The van der Waals surface area contributed by atoms with E-state index in [1.807, 2.05) is 49.4 Å². The number of sulfonamides is 1. The zero-order valence-electron chi connectivity index (χ0n) is 16.4. The molecule has 2 aromatic heterocycles. The Morgan fingerprint density at radius 1 is 0.966 bits per heavy atom. The number of nitrogens with zero attached hydrogens (tertiary/aromatic N) is 4. The van der Waals surface area contributed by atoms with Crippen molar-refractivity contribution < 1.29 is 8.42 Å². The van der Waals surface area contributed by atoms with Crippen LogP contribution in [0.1, 0.15) is 5.69 Å². The Morgan fingerprint density at radius 2 is 1.66 bits per heavy atom. The Bertz CT molecular complexity index is 1260. The maximum absolute atomic E-state index is 12.3. The molecule has 0 radical (unpaired) electrons. The van der Waals surface area contributed by atoms with Crippen LogP contribution < -0.4 is 5.32 Å². The lowest BCUT2D eigenvalue weighted by molar-refractivity contribution is 0.521. The van der Waals surface area contributed by atoms with E-state index in [9.17, 15) is 8.42 Å². The molecule has 0 unspecified atom stereocenters. The summed E-state index contributed by atoms with van der Waals surface area (Å²) in [4.78, 5) is 4.95. The Kier molecular flexibility index (Phi) is 4.81. The average Bonchev–Trinajstić information content (AvgIpc) is 3.09. The first kappa shape index (κ1) is 19.1. The molecule has 29 heavy (non-hydrogen) atoms. The van der Waals surface area contributed by atoms with Crippen LogP contribution in [0.3, 0.4) is 0 Å². The van der Waals surface area contributed by atoms with Crippen LogP contribution in [0.5, 0.6) is 0 Å². The van der Waals surface area contributed by atoms with Crippen molar-refractivity contribution in [3.05, 3.63) is 72.4 Å². The number of nitrogens with one attached hydrogen (secondary N) is 1. The van der Waals surface area contributed by atoms with Gasteiger partial charge in [0.2, 0.25) is 10.0 Å². The number of hydrogen-bond donors (Lipinski definition) is 1. The molecule has 0 saturated heterocycles. The first-order valence-electron chi connectivity index (χ1n) is 9.07. The van der Waals surface area contributed by atoms with E-state index in [-0.39, 0.29) is 4.90 Å². The molecule has 0 fully saturated rings. The number of fused-ring (bicyclic) bond motifs is 1. The third kappa shape index (κ3) is 3.72. The molecule has 7 nitrogen and oxygen atoms in total. The van der Waals surface area contributed by atoms with Gasteiger partial charge in [-0.3, -0.25) is 0 Å². The normalized spacial score (nSPS) is 11.9. The van der Waals surface area contributed by atoms with Crippen molar-refractivity contribution in [2.45, 2.75) is 11.8 Å². The van der Waals surface area contributed by atoms with E-state index in [1.165, 1.54) is 18.4 Å². The van der Waals surface area contributed by atoms with E-state index >= 15 is 0 Å². The van der Waals surface area contributed by atoms with Gasteiger partial charge >= 0.3 is 0 Å². The van der Waals surface area contributed by atoms with E-state index in [2.05, 4.69) is 10.4 Å². The molecule has 0 aliphatic heterocycles. The fraction of sp³-hybridized carbons (Fsp3) is 0.143. The smallest absolute Gasteiger partial charge is 0.242 e. The van der Waals surface area contributed by atoms with Gasteiger partial charge in [-0.1, -0.05) is 30.3 Å². The van der Waals surface area contributed by atoms with Crippen molar-refractivity contribution in [1.29, 1.82) is 0 Å². The molecule has 0 atom stereocenters. The lowest BCUT2D eigenvalue weighted by Crippen LogP contribution is -2.22. The average molecular weight is 407 g/mol. The van der Waals surface area contributed by atoms with Crippen molar-refractivity contribution in [3.8, 4) is 11.3 Å². The molecule has 0 aliphatic carbocycles. The van der Waals surface area contributed by atoms with Gasteiger partial charge in [-0.15, -0.1) is 0 Å². The van der Waals surface area contributed by atoms with E-state index in [0.29, 0.717) is 0 Å². The summed E-state index contributed by atoms with van der Waals surface area (Å²) in [5.41, 5.74) is 4.18. The van der Waals surface area contributed by atoms with Gasteiger partial charge in [0.1, 0.15) is 5.82 Å². The van der Waals surface area contributed by atoms with Gasteiger partial charge in [-0.25, -0.2) is 17.7 Å². The molecule has 0 bridgehead atoms. The van der Waals surface area contributed by atoms with Gasteiger partial charge in [-0.2, -0.15) is 9.61 Å². The van der Waals surface area contributed by atoms with Gasteiger partial charge in [0.25, 0.3) is 0 Å². The largest absolute Gasteiger partial charge is 0.340 e. The summed E-state index contributed by atoms with van der Waals surface area (Å²) in [6.45, 7) is 1.92. The fourth-order valence-electron chi connectivity index (χ4n) is 3.00. The van der Waals surface area contributed by atoms with E-state index in [4.69, 9.17) is 4.98 Å². The first-order chi connectivity index (χ1) is 13.8. The monoisotopic (exact) mass is 407 g/mol. The molecule has 0 amide bonds. The Balaban J connectivity index is 1.74. The Labute approximate surface area is 169 Å². The molecule has 148 valence electrons. The second kappa shape index (κ2) is 7.31. The number of anilines is 2. The second-order valence-corrected chi connectivity index (χ2v) is 9.04. The molecule has 2 aromatic carbocycles. The molecule has 0 spiro atoms. The van der Waals surface area contributed by atoms with Crippen LogP contribution in [0.15, 0.2) is 71.6 Å². The minimum Gasteiger partial charge on any atom is -0.340 e. The summed E-state index contributed by atoms with van der Waals surface area (Å²) < 4.78 is 27.5. The SMILES string of the molecule is Cc1cc2nc(-c3ccccc3)cc(Nc3ccc(S(=O)(=O)N(C)C)cc3)n2n1. The van der Waals surface area contributed by atoms with Gasteiger partial charge in [-0.05, 0) is 31.2 Å². The molecule has 0 saturated carbocycles. The predicted octanol–water partition coefficient (Wildman–Crippen LogP) is 3.70. The number of aryl methyl sites for hydroxylation is 1. The number of benzene rings is 2. The summed E-state index contributed by atoms with van der Waals surface area (Å²) in [7, 11) is -0.434. The summed E-state index contributed by atoms with van der Waals surface area (Å²) in [5, 5.41) is 7.84. The highest BCUT2D eigenvalue weighted by atomic mass is 32.2. The highest BCUT2D eigenvalue weighted by Crippen LogP contribution is 2.26. The van der Waals surface area contributed by atoms with E-state index in [0.717, 1.165) is 34.1 Å². The van der Waals surface area contributed by atoms with Crippen LogP contribution >= 0.6 is 0 Å². The maximum Gasteiger partial charge on any atom is 0.242 e. The zero-order valence-corrected chi connectivity index (χ0v) is 17.2. The summed E-state index contributed by atoms with van der Waals surface area (Å²) in [6, 6.07) is 20.4. The lowest BCUT2D eigenvalue weighted by Gasteiger charge is -2.13. The molecule has 2 heterocycles. The van der Waals surface area contributed by atoms with Crippen molar-refractivity contribution in [1.82, 2.24) is 18.9 Å². The maximum atomic E-state index is 12.3. The molecule has 0 aliphatic rings. The van der Waals surface area contributed by atoms with Crippen LogP contribution in [-0.4, -0.2) is 41.4 Å². The lowest BCUT2D eigenvalue weighted by atomic mass is 10.1. The molecule has 4 aromatic rings. The minimum absolute atomic E-state index is 0.243. The zero-order chi connectivity index (χ0) is 20.6. The Hall–Kier alpha value is -3.23. The molecule has 8 heteroatoms. The molecular formula is C21H21N5O2S. The van der Waals surface area contributed by atoms with Crippen molar-refractivity contribution >= 4 is 27.2 Å². The van der Waals surface area contributed by atoms with Gasteiger partial charge in [0.15, 0.2) is 5.65 Å².